The van der Waals surface area contributed by atoms with Crippen LogP contribution in [0.15, 0.2) is 66.5 Å². The van der Waals surface area contributed by atoms with Crippen LogP contribution in [0.25, 0.3) is 11.1 Å². The lowest BCUT2D eigenvalue weighted by Gasteiger charge is -2.26. The quantitative estimate of drug-likeness (QED) is 0.480. The molecule has 0 radical (unpaired) electrons. The first-order chi connectivity index (χ1) is 12.5. The zero-order valence-corrected chi connectivity index (χ0v) is 14.9. The highest BCUT2D eigenvalue weighted by atomic mass is 19.1. The number of aryl methyl sites for hydroxylation is 1. The SMILES string of the molecule is CCCCCc1cccc(-c2cc(F)ccc2C2(F)C=C(F)C=CC2)c1. The molecule has 2 aromatic rings. The Labute approximate surface area is 153 Å². The van der Waals surface area contributed by atoms with Crippen LogP contribution in [0.4, 0.5) is 13.2 Å². The molecule has 1 atom stereocenters. The molecule has 0 saturated carbocycles. The average Bonchev–Trinajstić information content (AvgIpc) is 2.62. The van der Waals surface area contributed by atoms with Crippen LogP contribution in [-0.2, 0) is 12.1 Å². The second kappa shape index (κ2) is 7.94. The molecule has 136 valence electrons. The molecule has 26 heavy (non-hydrogen) atoms. The summed E-state index contributed by atoms with van der Waals surface area (Å²) >= 11 is 0. The van der Waals surface area contributed by atoms with E-state index in [1.54, 1.807) is 0 Å². The summed E-state index contributed by atoms with van der Waals surface area (Å²) < 4.78 is 43.1. The van der Waals surface area contributed by atoms with Gasteiger partial charge in [0, 0.05) is 12.0 Å². The normalized spacial score (nSPS) is 19.5. The molecule has 0 heterocycles. The Hall–Kier alpha value is -2.29. The molecular weight excluding hydrogens is 333 g/mol. The van der Waals surface area contributed by atoms with Crippen molar-refractivity contribution in [2.45, 2.75) is 44.7 Å². The number of alkyl halides is 1. The van der Waals surface area contributed by atoms with Gasteiger partial charge in [0.2, 0.25) is 0 Å². The van der Waals surface area contributed by atoms with Gasteiger partial charge in [-0.05, 0) is 53.8 Å². The molecule has 0 fully saturated rings. The zero-order valence-electron chi connectivity index (χ0n) is 14.9. The third-order valence-corrected chi connectivity index (χ3v) is 4.80. The Kier molecular flexibility index (Phi) is 5.65. The van der Waals surface area contributed by atoms with Crippen molar-refractivity contribution in [1.29, 1.82) is 0 Å². The molecule has 1 aliphatic carbocycles. The van der Waals surface area contributed by atoms with Gasteiger partial charge in [-0.15, -0.1) is 0 Å². The van der Waals surface area contributed by atoms with Crippen LogP contribution >= 0.6 is 0 Å². The molecule has 3 rings (SSSR count). The van der Waals surface area contributed by atoms with E-state index in [4.69, 9.17) is 0 Å². The van der Waals surface area contributed by atoms with Gasteiger partial charge in [-0.25, -0.2) is 13.2 Å². The molecule has 0 aliphatic heterocycles. The van der Waals surface area contributed by atoms with Crippen molar-refractivity contribution in [1.82, 2.24) is 0 Å². The first kappa shape index (κ1) is 18.5. The van der Waals surface area contributed by atoms with Crippen LogP contribution in [0.5, 0.6) is 0 Å². The molecule has 1 unspecified atom stereocenters. The number of rotatable bonds is 6. The van der Waals surface area contributed by atoms with Gasteiger partial charge in [-0.1, -0.05) is 56.2 Å². The Morgan fingerprint density at radius 2 is 1.88 bits per heavy atom. The number of halogens is 3. The lowest BCUT2D eigenvalue weighted by molar-refractivity contribution is 0.231. The van der Waals surface area contributed by atoms with Crippen molar-refractivity contribution in [3.63, 3.8) is 0 Å². The summed E-state index contributed by atoms with van der Waals surface area (Å²) in [6.45, 7) is 2.15. The number of unbranched alkanes of at least 4 members (excludes halogenated alkanes) is 2. The van der Waals surface area contributed by atoms with Gasteiger partial charge in [0.15, 0.2) is 5.67 Å². The van der Waals surface area contributed by atoms with Gasteiger partial charge < -0.3 is 0 Å². The van der Waals surface area contributed by atoms with E-state index in [0.717, 1.165) is 42.9 Å². The van der Waals surface area contributed by atoms with Crippen molar-refractivity contribution in [2.75, 3.05) is 0 Å². The molecule has 2 aromatic carbocycles. The van der Waals surface area contributed by atoms with E-state index in [-0.39, 0.29) is 6.42 Å². The van der Waals surface area contributed by atoms with Crippen LogP contribution in [0.2, 0.25) is 0 Å². The largest absolute Gasteiger partial charge is 0.234 e. The van der Waals surface area contributed by atoms with Gasteiger partial charge in [0.05, 0.1) is 0 Å². The Morgan fingerprint density at radius 1 is 1.04 bits per heavy atom. The summed E-state index contributed by atoms with van der Waals surface area (Å²) in [7, 11) is 0. The molecule has 3 heteroatoms. The van der Waals surface area contributed by atoms with Crippen molar-refractivity contribution >= 4 is 0 Å². The smallest absolute Gasteiger partial charge is 0.161 e. The van der Waals surface area contributed by atoms with Gasteiger partial charge in [-0.3, -0.25) is 0 Å². The molecule has 0 bridgehead atoms. The minimum Gasteiger partial charge on any atom is -0.234 e. The fourth-order valence-electron chi connectivity index (χ4n) is 3.45. The Bertz CT molecular complexity index is 835. The highest BCUT2D eigenvalue weighted by molar-refractivity contribution is 5.70. The van der Waals surface area contributed by atoms with Gasteiger partial charge in [0.1, 0.15) is 11.6 Å². The third kappa shape index (κ3) is 4.09. The Balaban J connectivity index is 2.02. The van der Waals surface area contributed by atoms with Crippen LogP contribution < -0.4 is 0 Å². The maximum atomic E-state index is 15.5. The number of benzene rings is 2. The van der Waals surface area contributed by atoms with E-state index >= 15 is 4.39 Å². The zero-order chi connectivity index (χ0) is 18.6. The van der Waals surface area contributed by atoms with E-state index in [0.29, 0.717) is 11.1 Å². The third-order valence-electron chi connectivity index (χ3n) is 4.80. The van der Waals surface area contributed by atoms with Gasteiger partial charge in [-0.2, -0.15) is 0 Å². The van der Waals surface area contributed by atoms with E-state index in [1.165, 1.54) is 30.4 Å². The lowest BCUT2D eigenvalue weighted by Crippen LogP contribution is -2.20. The number of allylic oxidation sites excluding steroid dienone is 4. The second-order valence-electron chi connectivity index (χ2n) is 6.85. The number of hydrogen-bond acceptors (Lipinski definition) is 0. The molecule has 0 nitrogen and oxygen atoms in total. The first-order valence-corrected chi connectivity index (χ1v) is 9.15. The lowest BCUT2D eigenvalue weighted by atomic mass is 9.83. The maximum absolute atomic E-state index is 15.5. The Morgan fingerprint density at radius 3 is 2.65 bits per heavy atom. The fourth-order valence-corrected chi connectivity index (χ4v) is 3.45. The van der Waals surface area contributed by atoms with Gasteiger partial charge in [0.25, 0.3) is 0 Å². The topological polar surface area (TPSA) is 0 Å². The summed E-state index contributed by atoms with van der Waals surface area (Å²) in [4.78, 5) is 0. The summed E-state index contributed by atoms with van der Waals surface area (Å²) in [5, 5.41) is 0. The standard InChI is InChI=1S/C23H23F3/c1-2-3-4-7-17-8-5-9-18(14-17)21-15-19(24)11-12-22(21)23(26)13-6-10-20(25)16-23/h5-6,8-12,14-16H,2-4,7,13H2,1H3. The van der Waals surface area contributed by atoms with Crippen molar-refractivity contribution in [3.8, 4) is 11.1 Å². The van der Waals surface area contributed by atoms with Crippen LogP contribution in [0.1, 0.15) is 43.7 Å². The van der Waals surface area contributed by atoms with Crippen molar-refractivity contribution in [2.24, 2.45) is 0 Å². The van der Waals surface area contributed by atoms with Crippen LogP contribution in [0, 0.1) is 5.82 Å². The predicted molar refractivity (Wildman–Crippen MR) is 101 cm³/mol. The van der Waals surface area contributed by atoms with E-state index in [1.807, 2.05) is 24.3 Å². The first-order valence-electron chi connectivity index (χ1n) is 9.15. The van der Waals surface area contributed by atoms with Crippen molar-refractivity contribution < 1.29 is 13.2 Å². The summed E-state index contributed by atoms with van der Waals surface area (Å²) in [6, 6.07) is 11.8. The minimum absolute atomic E-state index is 0.0369. The van der Waals surface area contributed by atoms with E-state index in [2.05, 4.69) is 6.92 Å². The van der Waals surface area contributed by atoms with Crippen LogP contribution in [-0.4, -0.2) is 0 Å². The van der Waals surface area contributed by atoms with Gasteiger partial charge >= 0.3 is 0 Å². The van der Waals surface area contributed by atoms with E-state index < -0.39 is 17.3 Å². The molecule has 0 aromatic heterocycles. The predicted octanol–water partition coefficient (Wildman–Crippen LogP) is 7.20. The minimum atomic E-state index is -1.97. The maximum Gasteiger partial charge on any atom is 0.161 e. The monoisotopic (exact) mass is 356 g/mol. The van der Waals surface area contributed by atoms with Crippen molar-refractivity contribution in [3.05, 3.63) is 83.5 Å². The highest BCUT2D eigenvalue weighted by Crippen LogP contribution is 2.41. The summed E-state index contributed by atoms with van der Waals surface area (Å²) in [6.07, 6.45) is 8.07. The summed E-state index contributed by atoms with van der Waals surface area (Å²) in [5.74, 6) is -1.04. The number of hydrogen-bond donors (Lipinski definition) is 0. The molecule has 1 aliphatic rings. The average molecular weight is 356 g/mol. The fraction of sp³-hybridized carbons (Fsp3) is 0.304. The van der Waals surface area contributed by atoms with E-state index in [9.17, 15) is 8.78 Å². The molecule has 0 saturated heterocycles. The highest BCUT2D eigenvalue weighted by Gasteiger charge is 2.33. The summed E-state index contributed by atoms with van der Waals surface area (Å²) in [5.41, 5.74) is 0.701. The second-order valence-corrected chi connectivity index (χ2v) is 6.85. The molecular formula is C23H23F3. The molecule has 0 amide bonds. The van der Waals surface area contributed by atoms with Crippen LogP contribution in [0.3, 0.4) is 0 Å². The molecule has 0 spiro atoms. The molecule has 0 N–H and O–H groups in total.